The van der Waals surface area contributed by atoms with Gasteiger partial charge < -0.3 is 0 Å². The quantitative estimate of drug-likeness (QED) is 0.431. The van der Waals surface area contributed by atoms with Gasteiger partial charge >= 0.3 is 0 Å². The van der Waals surface area contributed by atoms with E-state index in [9.17, 15) is 4.79 Å². The Morgan fingerprint density at radius 1 is 0.806 bits per heavy atom. The average molecular weight is 427 g/mol. The standard InChI is InChI=1S/C30H50O/c1-20(2)9-8-10-21(3)22-13-15-28(7)24-12-11-23-26(4,5)25(31)14-16-29(23)19-30(24,29)18-17-27(22,28)6/h20-24H,8-19H2,1-7H3/t21-,22-,23-,24+,27-,28+,29-,30+/m1/s1. The molecule has 0 aromatic carbocycles. The Labute approximate surface area is 192 Å². The van der Waals surface area contributed by atoms with Crippen LogP contribution in [0.5, 0.6) is 0 Å². The number of carbonyl (C=O) groups excluding carboxylic acids is 1. The Hall–Kier alpha value is -0.330. The molecule has 5 aliphatic rings. The maximum Gasteiger partial charge on any atom is 0.138 e. The number of Topliss-reactive ketones (excluding diaryl/α,β-unsaturated/α-hetero) is 1. The van der Waals surface area contributed by atoms with Gasteiger partial charge in [-0.2, -0.15) is 0 Å². The fourth-order valence-electron chi connectivity index (χ4n) is 11.2. The summed E-state index contributed by atoms with van der Waals surface area (Å²) in [7, 11) is 0. The second kappa shape index (κ2) is 6.85. The van der Waals surface area contributed by atoms with Crippen molar-refractivity contribution in [3.8, 4) is 0 Å². The van der Waals surface area contributed by atoms with E-state index in [0.717, 1.165) is 30.1 Å². The minimum Gasteiger partial charge on any atom is -0.299 e. The number of hydrogen-bond donors (Lipinski definition) is 0. The Morgan fingerprint density at radius 3 is 2.19 bits per heavy atom. The molecule has 0 aliphatic heterocycles. The van der Waals surface area contributed by atoms with Crippen molar-refractivity contribution in [3.05, 3.63) is 0 Å². The molecule has 0 aromatic rings. The van der Waals surface area contributed by atoms with E-state index < -0.39 is 0 Å². The van der Waals surface area contributed by atoms with Gasteiger partial charge in [-0.05, 0) is 103 Å². The molecule has 0 radical (unpaired) electrons. The highest BCUT2D eigenvalue weighted by molar-refractivity contribution is 5.86. The lowest BCUT2D eigenvalue weighted by molar-refractivity contribution is -0.157. The molecule has 0 heterocycles. The van der Waals surface area contributed by atoms with Gasteiger partial charge in [0.25, 0.3) is 0 Å². The van der Waals surface area contributed by atoms with Crippen LogP contribution in [0, 0.1) is 56.7 Å². The number of ketones is 1. The molecule has 8 atom stereocenters. The molecular weight excluding hydrogens is 376 g/mol. The van der Waals surface area contributed by atoms with E-state index in [1.807, 2.05) is 0 Å². The summed E-state index contributed by atoms with van der Waals surface area (Å²) in [5.41, 5.74) is 2.12. The van der Waals surface area contributed by atoms with Gasteiger partial charge in [0, 0.05) is 11.8 Å². The van der Waals surface area contributed by atoms with Gasteiger partial charge in [0.15, 0.2) is 0 Å². The third kappa shape index (κ3) is 2.70. The molecule has 176 valence electrons. The van der Waals surface area contributed by atoms with Crippen molar-refractivity contribution in [2.24, 2.45) is 56.7 Å². The highest BCUT2D eigenvalue weighted by atomic mass is 16.1. The van der Waals surface area contributed by atoms with Crippen LogP contribution in [-0.4, -0.2) is 5.78 Å². The molecule has 31 heavy (non-hydrogen) atoms. The normalized spacial score (nSPS) is 51.0. The summed E-state index contributed by atoms with van der Waals surface area (Å²) in [4.78, 5) is 12.8. The molecule has 5 rings (SSSR count). The zero-order chi connectivity index (χ0) is 22.4. The van der Waals surface area contributed by atoms with Crippen molar-refractivity contribution in [1.82, 2.24) is 0 Å². The van der Waals surface area contributed by atoms with Crippen molar-refractivity contribution in [1.29, 1.82) is 0 Å². The van der Waals surface area contributed by atoms with Crippen LogP contribution in [0.15, 0.2) is 0 Å². The van der Waals surface area contributed by atoms with Crippen molar-refractivity contribution < 1.29 is 4.79 Å². The van der Waals surface area contributed by atoms with E-state index in [1.165, 1.54) is 70.6 Å². The molecule has 0 amide bonds. The van der Waals surface area contributed by atoms with E-state index in [1.54, 1.807) is 0 Å². The van der Waals surface area contributed by atoms with Gasteiger partial charge in [-0.25, -0.2) is 0 Å². The zero-order valence-corrected chi connectivity index (χ0v) is 21.8. The number of rotatable bonds is 5. The molecule has 0 aromatic heterocycles. The smallest absolute Gasteiger partial charge is 0.138 e. The van der Waals surface area contributed by atoms with E-state index in [0.29, 0.717) is 33.4 Å². The van der Waals surface area contributed by atoms with Crippen LogP contribution in [-0.2, 0) is 4.79 Å². The summed E-state index contributed by atoms with van der Waals surface area (Å²) in [6, 6.07) is 0. The molecule has 0 saturated heterocycles. The lowest BCUT2D eigenvalue weighted by Gasteiger charge is -2.62. The second-order valence-electron chi connectivity index (χ2n) is 14.6. The summed E-state index contributed by atoms with van der Waals surface area (Å²) >= 11 is 0. The lowest BCUT2D eigenvalue weighted by atomic mass is 9.42. The van der Waals surface area contributed by atoms with Crippen LogP contribution in [0.1, 0.15) is 126 Å². The first-order valence-corrected chi connectivity index (χ1v) is 14.0. The lowest BCUT2D eigenvalue weighted by Crippen LogP contribution is -2.57. The molecular formula is C30H50O. The van der Waals surface area contributed by atoms with Gasteiger partial charge in [-0.15, -0.1) is 0 Å². The van der Waals surface area contributed by atoms with Crippen LogP contribution in [0.2, 0.25) is 0 Å². The van der Waals surface area contributed by atoms with Crippen LogP contribution in [0.25, 0.3) is 0 Å². The highest BCUT2D eigenvalue weighted by Gasteiger charge is 2.82. The third-order valence-corrected chi connectivity index (χ3v) is 13.0. The summed E-state index contributed by atoms with van der Waals surface area (Å²) in [6.45, 7) is 17.4. The first-order chi connectivity index (χ1) is 14.4. The van der Waals surface area contributed by atoms with Crippen LogP contribution in [0.3, 0.4) is 0 Å². The van der Waals surface area contributed by atoms with E-state index in [2.05, 4.69) is 48.5 Å². The average Bonchev–Trinajstić information content (AvgIpc) is 3.27. The molecule has 0 N–H and O–H groups in total. The van der Waals surface area contributed by atoms with Gasteiger partial charge in [0.05, 0.1) is 0 Å². The predicted molar refractivity (Wildman–Crippen MR) is 130 cm³/mol. The van der Waals surface area contributed by atoms with E-state index in [-0.39, 0.29) is 5.41 Å². The molecule has 5 fully saturated rings. The Bertz CT molecular complexity index is 750. The Balaban J connectivity index is 1.39. The topological polar surface area (TPSA) is 17.1 Å². The fraction of sp³-hybridized carbons (Fsp3) is 0.967. The molecule has 1 heteroatoms. The second-order valence-corrected chi connectivity index (χ2v) is 14.6. The number of fused-ring (bicyclic) bond motifs is 2. The number of carbonyl (C=O) groups is 1. The molecule has 0 bridgehead atoms. The maximum absolute atomic E-state index is 12.8. The first-order valence-electron chi connectivity index (χ1n) is 14.0. The van der Waals surface area contributed by atoms with Crippen molar-refractivity contribution in [2.45, 2.75) is 126 Å². The maximum atomic E-state index is 12.8. The van der Waals surface area contributed by atoms with Gasteiger partial charge in [0.1, 0.15) is 5.78 Å². The summed E-state index contributed by atoms with van der Waals surface area (Å²) < 4.78 is 0. The van der Waals surface area contributed by atoms with Crippen molar-refractivity contribution in [2.75, 3.05) is 0 Å². The van der Waals surface area contributed by atoms with Crippen molar-refractivity contribution >= 4 is 5.78 Å². The molecule has 0 unspecified atom stereocenters. The number of hydrogen-bond acceptors (Lipinski definition) is 1. The van der Waals surface area contributed by atoms with Gasteiger partial charge in [-0.3, -0.25) is 4.79 Å². The Morgan fingerprint density at radius 2 is 1.48 bits per heavy atom. The molecule has 5 saturated carbocycles. The van der Waals surface area contributed by atoms with Crippen LogP contribution >= 0.6 is 0 Å². The summed E-state index contributed by atoms with van der Waals surface area (Å²) in [6.07, 6.45) is 16.4. The molecule has 5 aliphatic carbocycles. The largest absolute Gasteiger partial charge is 0.299 e. The minimum atomic E-state index is -0.0719. The molecule has 2 spiro atoms. The van der Waals surface area contributed by atoms with Crippen LogP contribution < -0.4 is 0 Å². The monoisotopic (exact) mass is 426 g/mol. The summed E-state index contributed by atoms with van der Waals surface area (Å²) in [5.74, 6) is 4.81. The summed E-state index contributed by atoms with van der Waals surface area (Å²) in [5, 5.41) is 0. The minimum absolute atomic E-state index is 0.0719. The highest BCUT2D eigenvalue weighted by Crippen LogP contribution is 2.88. The van der Waals surface area contributed by atoms with E-state index >= 15 is 0 Å². The molecule has 1 nitrogen and oxygen atoms in total. The van der Waals surface area contributed by atoms with Crippen molar-refractivity contribution in [3.63, 3.8) is 0 Å². The first kappa shape index (κ1) is 22.5. The zero-order valence-electron chi connectivity index (χ0n) is 21.8. The van der Waals surface area contributed by atoms with Gasteiger partial charge in [-0.1, -0.05) is 67.7 Å². The van der Waals surface area contributed by atoms with E-state index in [4.69, 9.17) is 0 Å². The van der Waals surface area contributed by atoms with Gasteiger partial charge in [0.2, 0.25) is 0 Å². The SMILES string of the molecule is CC(C)CCC[C@@H](C)[C@H]1CC[C@@]2(C)[C@@H]3CC[C@@H]4C(C)(C)C(=O)CC[C@@]45C[C@@]35CC[C@]12C. The van der Waals surface area contributed by atoms with Crippen LogP contribution in [0.4, 0.5) is 0 Å². The fourth-order valence-corrected chi connectivity index (χ4v) is 11.2. The Kier molecular flexibility index (Phi) is 4.96. The predicted octanol–water partition coefficient (Wildman–Crippen LogP) is 8.46. The third-order valence-electron chi connectivity index (χ3n) is 13.0.